The summed E-state index contributed by atoms with van der Waals surface area (Å²) in [5.41, 5.74) is 4.91. The predicted molar refractivity (Wildman–Crippen MR) is 97.6 cm³/mol. The van der Waals surface area contributed by atoms with Crippen LogP contribution in [-0.4, -0.2) is 29.7 Å². The first-order chi connectivity index (χ1) is 13.4. The van der Waals surface area contributed by atoms with E-state index in [9.17, 15) is 23.6 Å². The molecule has 3 rings (SSSR count). The predicted octanol–water partition coefficient (Wildman–Crippen LogP) is 1.12. The van der Waals surface area contributed by atoms with Gasteiger partial charge in [-0.1, -0.05) is 6.07 Å². The Balaban J connectivity index is 1.56. The summed E-state index contributed by atoms with van der Waals surface area (Å²) in [5, 5.41) is 5.09. The zero-order valence-electron chi connectivity index (χ0n) is 14.6. The van der Waals surface area contributed by atoms with Crippen molar-refractivity contribution in [3.63, 3.8) is 0 Å². The fourth-order valence-electron chi connectivity index (χ4n) is 2.26. The monoisotopic (exact) mass is 384 g/mol. The first-order valence-electron chi connectivity index (χ1n) is 8.50. The van der Waals surface area contributed by atoms with Crippen molar-refractivity contribution in [2.45, 2.75) is 18.9 Å². The summed E-state index contributed by atoms with van der Waals surface area (Å²) in [7, 11) is 0. The molecule has 1 aliphatic rings. The summed E-state index contributed by atoms with van der Waals surface area (Å²) < 4.78 is 12.9. The third-order valence-electron chi connectivity index (χ3n) is 3.90. The van der Waals surface area contributed by atoms with Gasteiger partial charge < -0.3 is 10.6 Å². The second-order valence-corrected chi connectivity index (χ2v) is 6.20. The van der Waals surface area contributed by atoms with E-state index in [0.29, 0.717) is 5.69 Å². The highest BCUT2D eigenvalue weighted by atomic mass is 19.1. The van der Waals surface area contributed by atoms with Crippen molar-refractivity contribution >= 4 is 29.3 Å². The van der Waals surface area contributed by atoms with Gasteiger partial charge in [0.2, 0.25) is 0 Å². The minimum Gasteiger partial charge on any atom is -0.345 e. The first kappa shape index (κ1) is 19.0. The average molecular weight is 384 g/mol. The molecule has 8 nitrogen and oxygen atoms in total. The van der Waals surface area contributed by atoms with Crippen LogP contribution in [0.1, 0.15) is 33.6 Å². The molecule has 1 fully saturated rings. The molecule has 0 aliphatic heterocycles. The molecule has 28 heavy (non-hydrogen) atoms. The molecule has 9 heteroatoms. The third-order valence-corrected chi connectivity index (χ3v) is 3.90. The molecule has 2 aromatic rings. The van der Waals surface area contributed by atoms with E-state index in [0.717, 1.165) is 12.8 Å². The summed E-state index contributed by atoms with van der Waals surface area (Å²) >= 11 is 0. The van der Waals surface area contributed by atoms with E-state index in [1.807, 2.05) is 5.43 Å². The van der Waals surface area contributed by atoms with Gasteiger partial charge in [-0.2, -0.15) is 0 Å². The van der Waals surface area contributed by atoms with Gasteiger partial charge in [0.15, 0.2) is 0 Å². The van der Waals surface area contributed by atoms with Crippen molar-refractivity contribution in [2.24, 2.45) is 0 Å². The number of rotatable bonds is 4. The van der Waals surface area contributed by atoms with Gasteiger partial charge in [-0.05, 0) is 55.3 Å². The molecule has 1 saturated carbocycles. The van der Waals surface area contributed by atoms with Crippen LogP contribution in [0, 0.1) is 5.82 Å². The third kappa shape index (κ3) is 5.13. The van der Waals surface area contributed by atoms with E-state index in [2.05, 4.69) is 16.1 Å². The topological polar surface area (TPSA) is 116 Å². The van der Waals surface area contributed by atoms with Crippen LogP contribution >= 0.6 is 0 Å². The number of hydrogen-bond acceptors (Lipinski definition) is 4. The summed E-state index contributed by atoms with van der Waals surface area (Å²) in [6.07, 6.45) is 1.67. The minimum atomic E-state index is -0.971. The molecule has 0 radical (unpaired) electrons. The van der Waals surface area contributed by atoms with E-state index in [1.165, 1.54) is 42.5 Å². The molecule has 0 spiro atoms. The van der Waals surface area contributed by atoms with Crippen molar-refractivity contribution in [2.75, 3.05) is 5.32 Å². The van der Waals surface area contributed by atoms with E-state index >= 15 is 0 Å². The maximum Gasteiger partial charge on any atom is 0.327 e. The molecule has 0 bridgehead atoms. The van der Waals surface area contributed by atoms with E-state index in [-0.39, 0.29) is 17.2 Å². The van der Waals surface area contributed by atoms with Gasteiger partial charge in [0, 0.05) is 22.9 Å². The van der Waals surface area contributed by atoms with Crippen molar-refractivity contribution in [1.82, 2.24) is 16.2 Å². The fourth-order valence-corrected chi connectivity index (χ4v) is 2.26. The van der Waals surface area contributed by atoms with Crippen molar-refractivity contribution in [1.29, 1.82) is 0 Å². The quantitative estimate of drug-likeness (QED) is 0.467. The maximum atomic E-state index is 12.9. The highest BCUT2D eigenvalue weighted by molar-refractivity contribution is 6.35. The molecule has 2 aromatic carbocycles. The van der Waals surface area contributed by atoms with E-state index < -0.39 is 29.4 Å². The van der Waals surface area contributed by atoms with Gasteiger partial charge in [-0.25, -0.2) is 4.39 Å². The number of carbonyl (C=O) groups excluding carboxylic acids is 4. The maximum absolute atomic E-state index is 12.9. The molecule has 0 heterocycles. The Hall–Kier alpha value is -3.75. The molecular formula is C19H17FN4O4. The number of carbonyl (C=O) groups is 4. The molecule has 0 aromatic heterocycles. The van der Waals surface area contributed by atoms with Crippen LogP contribution in [0.5, 0.6) is 0 Å². The second-order valence-electron chi connectivity index (χ2n) is 6.20. The van der Waals surface area contributed by atoms with Crippen molar-refractivity contribution in [3.8, 4) is 0 Å². The normalized spacial score (nSPS) is 12.6. The molecule has 0 saturated heterocycles. The van der Waals surface area contributed by atoms with Crippen LogP contribution in [0.4, 0.5) is 10.1 Å². The number of amides is 4. The lowest BCUT2D eigenvalue weighted by atomic mass is 10.1. The van der Waals surface area contributed by atoms with Gasteiger partial charge >= 0.3 is 11.8 Å². The number of hydrogen-bond donors (Lipinski definition) is 4. The Morgan fingerprint density at radius 1 is 0.821 bits per heavy atom. The first-order valence-corrected chi connectivity index (χ1v) is 8.50. The zero-order valence-corrected chi connectivity index (χ0v) is 14.6. The molecule has 0 atom stereocenters. The van der Waals surface area contributed by atoms with Gasteiger partial charge in [-0.3, -0.25) is 30.0 Å². The average Bonchev–Trinajstić information content (AvgIpc) is 3.50. The lowest BCUT2D eigenvalue weighted by molar-refractivity contribution is -0.139. The summed E-state index contributed by atoms with van der Waals surface area (Å²) in [6.45, 7) is 0. The second kappa shape index (κ2) is 8.30. The smallest absolute Gasteiger partial charge is 0.327 e. The van der Waals surface area contributed by atoms with Crippen LogP contribution in [0.3, 0.4) is 0 Å². The summed E-state index contributed by atoms with van der Waals surface area (Å²) in [5.74, 6) is -3.37. The zero-order chi connectivity index (χ0) is 20.1. The van der Waals surface area contributed by atoms with E-state index in [4.69, 9.17) is 0 Å². The van der Waals surface area contributed by atoms with Crippen molar-refractivity contribution in [3.05, 3.63) is 65.5 Å². The number of benzene rings is 2. The van der Waals surface area contributed by atoms with Gasteiger partial charge in [0.25, 0.3) is 11.8 Å². The molecular weight excluding hydrogens is 367 g/mol. The molecule has 144 valence electrons. The molecule has 4 N–H and O–H groups in total. The van der Waals surface area contributed by atoms with Gasteiger partial charge in [-0.15, -0.1) is 0 Å². The van der Waals surface area contributed by atoms with Crippen molar-refractivity contribution < 1.29 is 23.6 Å². The number of nitrogens with one attached hydrogen (secondary N) is 4. The van der Waals surface area contributed by atoms with Crippen LogP contribution in [-0.2, 0) is 9.59 Å². The van der Waals surface area contributed by atoms with Crippen LogP contribution in [0.25, 0.3) is 0 Å². The van der Waals surface area contributed by atoms with Crippen LogP contribution < -0.4 is 21.5 Å². The minimum absolute atomic E-state index is 0.0235. The Bertz CT molecular complexity index is 926. The Morgan fingerprint density at radius 3 is 2.21 bits per heavy atom. The highest BCUT2D eigenvalue weighted by Gasteiger charge is 2.26. The summed E-state index contributed by atoms with van der Waals surface area (Å²) in [6, 6.07) is 11.0. The van der Waals surface area contributed by atoms with Crippen LogP contribution in [0.2, 0.25) is 0 Å². The Labute approximate surface area is 159 Å². The fraction of sp³-hybridized carbons (Fsp3) is 0.158. The SMILES string of the molecule is O=C(NNC(=O)c1cccc(NC(=O)c2ccc(F)cc2)c1)C(=O)NC1CC1. The molecule has 1 aliphatic carbocycles. The summed E-state index contributed by atoms with van der Waals surface area (Å²) in [4.78, 5) is 47.4. The molecule has 4 amide bonds. The standard InChI is InChI=1S/C19H17FN4O4/c20-13-6-4-11(5-7-13)16(25)22-15-3-1-2-12(10-15)17(26)23-24-19(28)18(27)21-14-8-9-14/h1-7,10,14H,8-9H2,(H,21,27)(H,22,25)(H,23,26)(H,24,28). The lowest BCUT2D eigenvalue weighted by Gasteiger charge is -2.09. The highest BCUT2D eigenvalue weighted by Crippen LogP contribution is 2.18. The number of halogens is 1. The Kier molecular flexibility index (Phi) is 5.64. The number of anilines is 1. The number of hydrazine groups is 1. The Morgan fingerprint density at radius 2 is 1.54 bits per heavy atom. The van der Waals surface area contributed by atoms with E-state index in [1.54, 1.807) is 6.07 Å². The van der Waals surface area contributed by atoms with Gasteiger partial charge in [0.05, 0.1) is 0 Å². The largest absolute Gasteiger partial charge is 0.345 e. The van der Waals surface area contributed by atoms with Crippen LogP contribution in [0.15, 0.2) is 48.5 Å². The molecule has 0 unspecified atom stereocenters. The lowest BCUT2D eigenvalue weighted by Crippen LogP contribution is -2.49. The van der Waals surface area contributed by atoms with Gasteiger partial charge in [0.1, 0.15) is 5.82 Å².